The van der Waals surface area contributed by atoms with E-state index in [2.05, 4.69) is 0 Å². The van der Waals surface area contributed by atoms with Gasteiger partial charge < -0.3 is 19.6 Å². The zero-order valence-electron chi connectivity index (χ0n) is 15.5. The summed E-state index contributed by atoms with van der Waals surface area (Å²) in [5.41, 5.74) is 2.87. The molecule has 1 aliphatic rings. The lowest BCUT2D eigenvalue weighted by Crippen LogP contribution is -2.30. The number of hydrogen-bond acceptors (Lipinski definition) is 4. The maximum atomic E-state index is 12.4. The number of ether oxygens (including phenoxy) is 1. The van der Waals surface area contributed by atoms with E-state index in [1.54, 1.807) is 0 Å². The molecule has 1 saturated heterocycles. The highest BCUT2D eigenvalue weighted by Crippen LogP contribution is 2.34. The molecule has 0 bridgehead atoms. The molecule has 0 aliphatic carbocycles. The number of nitrogens with zero attached hydrogens (tertiary/aromatic N) is 2. The number of carbonyl (C=O) groups excluding carboxylic acids is 1. The molecule has 3 rings (SSSR count). The number of aliphatic carboxylic acids is 1. The number of hydrogen-bond donors (Lipinski definition) is 1. The van der Waals surface area contributed by atoms with Crippen LogP contribution in [-0.2, 0) is 16.1 Å². The van der Waals surface area contributed by atoms with E-state index < -0.39 is 18.0 Å². The lowest BCUT2D eigenvalue weighted by atomic mass is 9.89. The van der Waals surface area contributed by atoms with Crippen molar-refractivity contribution in [3.8, 4) is 0 Å². The topological polar surface area (TPSA) is 70.1 Å². The van der Waals surface area contributed by atoms with Crippen molar-refractivity contribution >= 4 is 17.7 Å². The van der Waals surface area contributed by atoms with Crippen molar-refractivity contribution in [2.75, 3.05) is 32.1 Å². The molecule has 142 valence electrons. The summed E-state index contributed by atoms with van der Waals surface area (Å²) in [6.45, 7) is 0.672. The number of carbonyl (C=O) groups is 2. The number of carboxylic acids is 1. The molecule has 2 aromatic carbocycles. The van der Waals surface area contributed by atoms with Gasteiger partial charge in [0.15, 0.2) is 0 Å². The van der Waals surface area contributed by atoms with Crippen molar-refractivity contribution < 1.29 is 19.4 Å². The van der Waals surface area contributed by atoms with Crippen molar-refractivity contribution in [3.05, 3.63) is 65.7 Å². The lowest BCUT2D eigenvalue weighted by molar-refractivity contribution is -0.141. The highest BCUT2D eigenvalue weighted by Gasteiger charge is 2.41. The molecule has 0 saturated carbocycles. The molecule has 1 fully saturated rings. The summed E-state index contributed by atoms with van der Waals surface area (Å²) >= 11 is 0. The van der Waals surface area contributed by atoms with E-state index >= 15 is 0 Å². The maximum Gasteiger partial charge on any atom is 0.410 e. The molecular formula is C21H24N2O4. The minimum Gasteiger partial charge on any atom is -0.481 e. The van der Waals surface area contributed by atoms with Gasteiger partial charge in [0.05, 0.1) is 5.92 Å². The van der Waals surface area contributed by atoms with Crippen molar-refractivity contribution in [1.82, 2.24) is 4.90 Å². The Balaban J connectivity index is 1.68. The normalized spacial score (nSPS) is 19.0. The van der Waals surface area contributed by atoms with Gasteiger partial charge in [0, 0.05) is 38.8 Å². The summed E-state index contributed by atoms with van der Waals surface area (Å²) < 4.78 is 5.36. The second kappa shape index (κ2) is 8.12. The van der Waals surface area contributed by atoms with Gasteiger partial charge in [-0.15, -0.1) is 0 Å². The highest BCUT2D eigenvalue weighted by molar-refractivity contribution is 5.75. The van der Waals surface area contributed by atoms with Gasteiger partial charge in [-0.1, -0.05) is 42.5 Å². The highest BCUT2D eigenvalue weighted by atomic mass is 16.6. The summed E-state index contributed by atoms with van der Waals surface area (Å²) in [5.74, 6) is -1.78. The Morgan fingerprint density at radius 3 is 2.33 bits per heavy atom. The fourth-order valence-electron chi connectivity index (χ4n) is 3.37. The Morgan fingerprint density at radius 1 is 1.07 bits per heavy atom. The summed E-state index contributed by atoms with van der Waals surface area (Å²) in [6, 6.07) is 17.2. The molecule has 1 aliphatic heterocycles. The molecule has 6 nitrogen and oxygen atoms in total. The van der Waals surface area contributed by atoms with Gasteiger partial charge in [-0.25, -0.2) is 4.79 Å². The van der Waals surface area contributed by atoms with Crippen LogP contribution in [0.5, 0.6) is 0 Å². The molecule has 0 aromatic heterocycles. The Bertz CT molecular complexity index is 790. The molecule has 27 heavy (non-hydrogen) atoms. The fraction of sp³-hybridized carbons (Fsp3) is 0.333. The zero-order chi connectivity index (χ0) is 19.4. The van der Waals surface area contributed by atoms with Gasteiger partial charge in [-0.3, -0.25) is 4.79 Å². The largest absolute Gasteiger partial charge is 0.481 e. The molecule has 0 spiro atoms. The average molecular weight is 368 g/mol. The zero-order valence-corrected chi connectivity index (χ0v) is 15.5. The van der Waals surface area contributed by atoms with Crippen LogP contribution < -0.4 is 4.90 Å². The van der Waals surface area contributed by atoms with Crippen molar-refractivity contribution in [1.29, 1.82) is 0 Å². The van der Waals surface area contributed by atoms with Gasteiger partial charge in [0.25, 0.3) is 0 Å². The molecule has 1 N–H and O–H groups in total. The molecule has 0 radical (unpaired) electrons. The quantitative estimate of drug-likeness (QED) is 0.878. The van der Waals surface area contributed by atoms with E-state index in [1.807, 2.05) is 73.6 Å². The van der Waals surface area contributed by atoms with Crippen LogP contribution in [0.25, 0.3) is 0 Å². The fourth-order valence-corrected chi connectivity index (χ4v) is 3.37. The Hall–Kier alpha value is -3.02. The van der Waals surface area contributed by atoms with Crippen molar-refractivity contribution in [3.63, 3.8) is 0 Å². The first-order valence-corrected chi connectivity index (χ1v) is 8.91. The first-order chi connectivity index (χ1) is 13.0. The van der Waals surface area contributed by atoms with E-state index in [9.17, 15) is 14.7 Å². The van der Waals surface area contributed by atoms with E-state index in [0.717, 1.165) is 16.8 Å². The SMILES string of the molecule is CN(C)c1ccc([C@@H]2CN(C(=O)OCc3ccccc3)C[C@H]2C(=O)O)cc1. The van der Waals surface area contributed by atoms with Gasteiger partial charge in [0.2, 0.25) is 0 Å². The summed E-state index contributed by atoms with van der Waals surface area (Å²) in [6.07, 6.45) is -0.475. The molecule has 6 heteroatoms. The predicted octanol–water partition coefficient (Wildman–Crippen LogP) is 3.19. The van der Waals surface area contributed by atoms with Crippen LogP contribution in [-0.4, -0.2) is 49.3 Å². The second-order valence-electron chi connectivity index (χ2n) is 6.98. The minimum absolute atomic E-state index is 0.156. The van der Waals surface area contributed by atoms with E-state index in [1.165, 1.54) is 4.90 Å². The Morgan fingerprint density at radius 2 is 1.74 bits per heavy atom. The molecular weight excluding hydrogens is 344 g/mol. The molecule has 1 amide bonds. The second-order valence-corrected chi connectivity index (χ2v) is 6.98. The van der Waals surface area contributed by atoms with Gasteiger partial charge in [0.1, 0.15) is 6.61 Å². The van der Waals surface area contributed by atoms with Crippen LogP contribution in [0.4, 0.5) is 10.5 Å². The maximum absolute atomic E-state index is 12.4. The standard InChI is InChI=1S/C21H24N2O4/c1-22(2)17-10-8-16(9-11-17)18-12-23(13-19(18)20(24)25)21(26)27-14-15-6-4-3-5-7-15/h3-11,18-19H,12-14H2,1-2H3,(H,24,25)/t18-,19+/m0/s1. The van der Waals surface area contributed by atoms with Crippen LogP contribution >= 0.6 is 0 Å². The summed E-state index contributed by atoms with van der Waals surface area (Å²) in [5, 5.41) is 9.61. The Labute approximate surface area is 159 Å². The van der Waals surface area contributed by atoms with Gasteiger partial charge in [-0.05, 0) is 23.3 Å². The first-order valence-electron chi connectivity index (χ1n) is 8.91. The van der Waals surface area contributed by atoms with Crippen LogP contribution in [0, 0.1) is 5.92 Å². The van der Waals surface area contributed by atoms with E-state index in [4.69, 9.17) is 4.74 Å². The number of benzene rings is 2. The average Bonchev–Trinajstić information content (AvgIpc) is 3.13. The van der Waals surface area contributed by atoms with Crippen LogP contribution in [0.1, 0.15) is 17.0 Å². The summed E-state index contributed by atoms with van der Waals surface area (Å²) in [7, 11) is 3.91. The third-order valence-electron chi connectivity index (χ3n) is 4.94. The van der Waals surface area contributed by atoms with Crippen molar-refractivity contribution in [2.45, 2.75) is 12.5 Å². The monoisotopic (exact) mass is 368 g/mol. The number of amides is 1. The predicted molar refractivity (Wildman–Crippen MR) is 103 cm³/mol. The number of carboxylic acid groups (broad SMARTS) is 1. The molecule has 2 atom stereocenters. The number of likely N-dealkylation sites (tertiary alicyclic amines) is 1. The van der Waals surface area contributed by atoms with Gasteiger partial charge in [-0.2, -0.15) is 0 Å². The molecule has 1 heterocycles. The first kappa shape index (κ1) is 18.8. The smallest absolute Gasteiger partial charge is 0.410 e. The Kier molecular flexibility index (Phi) is 5.64. The minimum atomic E-state index is -0.893. The van der Waals surface area contributed by atoms with E-state index in [-0.39, 0.29) is 19.1 Å². The summed E-state index contributed by atoms with van der Waals surface area (Å²) in [4.78, 5) is 27.6. The lowest BCUT2D eigenvalue weighted by Gasteiger charge is -2.18. The third kappa shape index (κ3) is 4.39. The van der Waals surface area contributed by atoms with Crippen LogP contribution in [0.2, 0.25) is 0 Å². The number of anilines is 1. The van der Waals surface area contributed by atoms with Crippen molar-refractivity contribution in [2.24, 2.45) is 5.92 Å². The van der Waals surface area contributed by atoms with Crippen LogP contribution in [0.15, 0.2) is 54.6 Å². The number of rotatable bonds is 5. The van der Waals surface area contributed by atoms with Crippen LogP contribution in [0.3, 0.4) is 0 Å². The van der Waals surface area contributed by atoms with Gasteiger partial charge >= 0.3 is 12.1 Å². The molecule has 2 aromatic rings. The van der Waals surface area contributed by atoms with E-state index in [0.29, 0.717) is 6.54 Å². The third-order valence-corrected chi connectivity index (χ3v) is 4.94. The molecule has 0 unspecified atom stereocenters.